The van der Waals surface area contributed by atoms with Gasteiger partial charge in [0.2, 0.25) is 17.8 Å². The SMILES string of the molecule is CCN(CC)c1nc(NN=Cc2c(O)ccc3ccccc23)nc(Nc2ccccc2)n1. The molecule has 0 saturated carbocycles. The second-order valence-corrected chi connectivity index (χ2v) is 7.04. The third-order valence-electron chi connectivity index (χ3n) is 5.01. The highest BCUT2D eigenvalue weighted by Gasteiger charge is 2.11. The number of fused-ring (bicyclic) bond motifs is 1. The van der Waals surface area contributed by atoms with E-state index in [1.807, 2.05) is 79.4 Å². The zero-order chi connectivity index (χ0) is 22.3. The molecule has 0 aliphatic rings. The Bertz CT molecular complexity index is 1220. The van der Waals surface area contributed by atoms with E-state index in [4.69, 9.17) is 0 Å². The van der Waals surface area contributed by atoms with Gasteiger partial charge in [-0.3, -0.25) is 0 Å². The van der Waals surface area contributed by atoms with E-state index in [1.54, 1.807) is 12.3 Å². The van der Waals surface area contributed by atoms with E-state index in [-0.39, 0.29) is 5.75 Å². The van der Waals surface area contributed by atoms with Gasteiger partial charge in [0.25, 0.3) is 0 Å². The van der Waals surface area contributed by atoms with Crippen molar-refractivity contribution >= 4 is 40.5 Å². The van der Waals surface area contributed by atoms with Gasteiger partial charge < -0.3 is 15.3 Å². The molecule has 3 aromatic carbocycles. The first-order valence-electron chi connectivity index (χ1n) is 10.5. The van der Waals surface area contributed by atoms with Crippen LogP contribution in [-0.2, 0) is 0 Å². The molecule has 8 nitrogen and oxygen atoms in total. The average Bonchev–Trinajstić information content (AvgIpc) is 2.82. The highest BCUT2D eigenvalue weighted by molar-refractivity contribution is 6.02. The minimum absolute atomic E-state index is 0.153. The van der Waals surface area contributed by atoms with Crippen LogP contribution in [0.2, 0.25) is 0 Å². The van der Waals surface area contributed by atoms with Crippen LogP contribution in [0.4, 0.5) is 23.5 Å². The maximum absolute atomic E-state index is 10.3. The zero-order valence-corrected chi connectivity index (χ0v) is 18.0. The predicted molar refractivity (Wildman–Crippen MR) is 130 cm³/mol. The third kappa shape index (κ3) is 4.75. The third-order valence-corrected chi connectivity index (χ3v) is 5.01. The fraction of sp³-hybridized carbons (Fsp3) is 0.167. The van der Waals surface area contributed by atoms with Gasteiger partial charge >= 0.3 is 0 Å². The number of hydrogen-bond acceptors (Lipinski definition) is 8. The van der Waals surface area contributed by atoms with E-state index in [1.165, 1.54) is 0 Å². The van der Waals surface area contributed by atoms with Crippen molar-refractivity contribution in [1.82, 2.24) is 15.0 Å². The number of para-hydroxylation sites is 1. The van der Waals surface area contributed by atoms with Crippen molar-refractivity contribution in [3.05, 3.63) is 72.3 Å². The molecule has 32 heavy (non-hydrogen) atoms. The van der Waals surface area contributed by atoms with Crippen LogP contribution in [0.15, 0.2) is 71.8 Å². The van der Waals surface area contributed by atoms with Crippen LogP contribution >= 0.6 is 0 Å². The van der Waals surface area contributed by atoms with E-state index >= 15 is 0 Å². The van der Waals surface area contributed by atoms with Gasteiger partial charge in [0, 0.05) is 24.3 Å². The van der Waals surface area contributed by atoms with Gasteiger partial charge in [-0.25, -0.2) is 5.43 Å². The van der Waals surface area contributed by atoms with Crippen LogP contribution in [-0.4, -0.2) is 39.4 Å². The van der Waals surface area contributed by atoms with Gasteiger partial charge in [0.05, 0.1) is 6.21 Å². The lowest BCUT2D eigenvalue weighted by atomic mass is 10.0. The standard InChI is InChI=1S/C24H25N7O/c1-3-31(4-2)24-28-22(26-18-11-6-5-7-12-18)27-23(29-24)30-25-16-20-19-13-9-8-10-17(19)14-15-21(20)32/h5-16,32H,3-4H2,1-2H3,(H2,26,27,28,29,30). The largest absolute Gasteiger partial charge is 0.507 e. The summed E-state index contributed by atoms with van der Waals surface area (Å²) in [6, 6.07) is 21.1. The highest BCUT2D eigenvalue weighted by atomic mass is 16.3. The van der Waals surface area contributed by atoms with Crippen molar-refractivity contribution < 1.29 is 5.11 Å². The maximum atomic E-state index is 10.3. The fourth-order valence-electron chi connectivity index (χ4n) is 3.34. The van der Waals surface area contributed by atoms with Crippen LogP contribution in [0.3, 0.4) is 0 Å². The highest BCUT2D eigenvalue weighted by Crippen LogP contribution is 2.25. The number of nitrogens with one attached hydrogen (secondary N) is 2. The van der Waals surface area contributed by atoms with Crippen molar-refractivity contribution in [2.45, 2.75) is 13.8 Å². The number of hydrogen-bond donors (Lipinski definition) is 3. The average molecular weight is 428 g/mol. The van der Waals surface area contributed by atoms with Crippen LogP contribution < -0.4 is 15.6 Å². The molecule has 0 atom stereocenters. The minimum Gasteiger partial charge on any atom is -0.507 e. The Morgan fingerprint density at radius 3 is 2.38 bits per heavy atom. The van der Waals surface area contributed by atoms with Crippen molar-refractivity contribution in [1.29, 1.82) is 0 Å². The monoisotopic (exact) mass is 427 g/mol. The van der Waals surface area contributed by atoms with Gasteiger partial charge in [-0.2, -0.15) is 20.1 Å². The maximum Gasteiger partial charge on any atom is 0.250 e. The zero-order valence-electron chi connectivity index (χ0n) is 18.0. The molecule has 0 spiro atoms. The molecule has 0 fully saturated rings. The number of anilines is 4. The molecule has 4 rings (SSSR count). The van der Waals surface area contributed by atoms with Crippen molar-refractivity contribution in [2.24, 2.45) is 5.10 Å². The molecule has 1 aromatic heterocycles. The summed E-state index contributed by atoms with van der Waals surface area (Å²) >= 11 is 0. The Balaban J connectivity index is 1.63. The number of aromatic nitrogens is 3. The Kier molecular flexibility index (Phi) is 6.41. The van der Waals surface area contributed by atoms with Gasteiger partial charge in [-0.05, 0) is 42.8 Å². The molecule has 0 bridgehead atoms. The van der Waals surface area contributed by atoms with Gasteiger partial charge in [0.1, 0.15) is 5.75 Å². The van der Waals surface area contributed by atoms with E-state index in [0.29, 0.717) is 23.4 Å². The predicted octanol–water partition coefficient (Wildman–Crippen LogP) is 4.77. The molecular weight excluding hydrogens is 402 g/mol. The second-order valence-electron chi connectivity index (χ2n) is 7.04. The Hall–Kier alpha value is -4.20. The number of hydrazone groups is 1. The molecule has 4 aromatic rings. The molecule has 0 amide bonds. The van der Waals surface area contributed by atoms with Gasteiger partial charge in [0.15, 0.2) is 0 Å². The fourth-order valence-corrected chi connectivity index (χ4v) is 3.34. The smallest absolute Gasteiger partial charge is 0.250 e. The number of phenolic OH excluding ortho intramolecular Hbond substituents is 1. The lowest BCUT2D eigenvalue weighted by Gasteiger charge is -2.19. The van der Waals surface area contributed by atoms with Crippen molar-refractivity contribution in [3.63, 3.8) is 0 Å². The summed E-state index contributed by atoms with van der Waals surface area (Å²) in [6.07, 6.45) is 1.57. The first kappa shape index (κ1) is 21.0. The minimum atomic E-state index is 0.153. The molecule has 1 heterocycles. The molecule has 0 aliphatic heterocycles. The van der Waals surface area contributed by atoms with Crippen LogP contribution in [0.5, 0.6) is 5.75 Å². The summed E-state index contributed by atoms with van der Waals surface area (Å²) in [5, 5.41) is 19.7. The first-order chi connectivity index (χ1) is 15.7. The Morgan fingerprint density at radius 1 is 0.875 bits per heavy atom. The summed E-state index contributed by atoms with van der Waals surface area (Å²) in [7, 11) is 0. The normalized spacial score (nSPS) is 11.1. The Morgan fingerprint density at radius 2 is 1.59 bits per heavy atom. The molecule has 8 heteroatoms. The number of benzene rings is 3. The lowest BCUT2D eigenvalue weighted by Crippen LogP contribution is -2.25. The molecule has 0 aliphatic carbocycles. The quantitative estimate of drug-likeness (QED) is 0.275. The summed E-state index contributed by atoms with van der Waals surface area (Å²) in [5.74, 6) is 1.42. The number of rotatable bonds is 8. The molecular formula is C24H25N7O. The topological polar surface area (TPSA) is 98.6 Å². The molecule has 162 valence electrons. The van der Waals surface area contributed by atoms with Crippen molar-refractivity contribution in [3.8, 4) is 5.75 Å². The number of nitrogens with zero attached hydrogens (tertiary/aromatic N) is 5. The molecule has 3 N–H and O–H groups in total. The van der Waals surface area contributed by atoms with E-state index in [9.17, 15) is 5.11 Å². The molecule has 0 unspecified atom stereocenters. The van der Waals surface area contributed by atoms with E-state index in [0.717, 1.165) is 29.5 Å². The number of aromatic hydroxyl groups is 1. The first-order valence-corrected chi connectivity index (χ1v) is 10.5. The van der Waals surface area contributed by atoms with E-state index < -0.39 is 0 Å². The van der Waals surface area contributed by atoms with Crippen LogP contribution in [0.25, 0.3) is 10.8 Å². The van der Waals surface area contributed by atoms with Gasteiger partial charge in [-0.15, -0.1) is 0 Å². The van der Waals surface area contributed by atoms with E-state index in [2.05, 4.69) is 30.8 Å². The number of phenols is 1. The summed E-state index contributed by atoms with van der Waals surface area (Å²) in [6.45, 7) is 5.62. The summed E-state index contributed by atoms with van der Waals surface area (Å²) in [4.78, 5) is 15.5. The lowest BCUT2D eigenvalue weighted by molar-refractivity contribution is 0.475. The van der Waals surface area contributed by atoms with Crippen LogP contribution in [0, 0.1) is 0 Å². The van der Waals surface area contributed by atoms with Crippen LogP contribution in [0.1, 0.15) is 19.4 Å². The second kappa shape index (κ2) is 9.74. The Labute approximate surface area is 186 Å². The van der Waals surface area contributed by atoms with Gasteiger partial charge in [-0.1, -0.05) is 48.5 Å². The molecule has 0 saturated heterocycles. The summed E-state index contributed by atoms with van der Waals surface area (Å²) in [5.41, 5.74) is 4.38. The summed E-state index contributed by atoms with van der Waals surface area (Å²) < 4.78 is 0. The van der Waals surface area contributed by atoms with Crippen molar-refractivity contribution in [2.75, 3.05) is 28.7 Å². The molecule has 0 radical (unpaired) electrons.